The molecule has 0 spiro atoms. The fourth-order valence-electron chi connectivity index (χ4n) is 3.07. The molecule has 0 saturated carbocycles. The van der Waals surface area contributed by atoms with Crippen LogP contribution in [0.3, 0.4) is 0 Å². The topological polar surface area (TPSA) is 0 Å². The van der Waals surface area contributed by atoms with Crippen molar-refractivity contribution in [2.45, 2.75) is 14.2 Å². The summed E-state index contributed by atoms with van der Waals surface area (Å²) in [5, 5.41) is 0. The number of halogens is 1. The Hall–Kier alpha value is -1.15. The van der Waals surface area contributed by atoms with E-state index in [1.807, 2.05) is 0 Å². The van der Waals surface area contributed by atoms with Crippen LogP contribution in [0.15, 0.2) is 91.0 Å². The molecule has 0 radical (unpaired) electrons. The first-order chi connectivity index (χ1) is 11.2. The van der Waals surface area contributed by atoms with Gasteiger partial charge >= 0.3 is 150 Å². The van der Waals surface area contributed by atoms with Gasteiger partial charge in [-0.25, -0.2) is 0 Å². The Kier molecular flexibility index (Phi) is 5.88. The monoisotopic (exact) mass is 400 g/mol. The molecule has 0 nitrogen and oxygen atoms in total. The van der Waals surface area contributed by atoms with Crippen LogP contribution in [-0.2, 0) is 28.7 Å². The van der Waals surface area contributed by atoms with E-state index >= 15 is 0 Å². The second kappa shape index (κ2) is 8.10. The van der Waals surface area contributed by atoms with E-state index in [9.17, 15) is 0 Å². The molecule has 0 saturated heterocycles. The van der Waals surface area contributed by atoms with Gasteiger partial charge in [0.25, 0.3) is 0 Å². The molecule has 116 valence electrons. The second-order valence-corrected chi connectivity index (χ2v) is 18.3. The summed E-state index contributed by atoms with van der Waals surface area (Å²) in [6.07, 6.45) is 0. The molecular weight excluding hydrogens is 380 g/mol. The average molecular weight is 401 g/mol. The van der Waals surface area contributed by atoms with Crippen molar-refractivity contribution in [3.63, 3.8) is 0 Å². The first kappa shape index (κ1) is 16.7. The van der Waals surface area contributed by atoms with Crippen molar-refractivity contribution in [2.24, 2.45) is 0 Å². The summed E-state index contributed by atoms with van der Waals surface area (Å²) >= 11 is 2.03. The van der Waals surface area contributed by atoms with Gasteiger partial charge < -0.3 is 0 Å². The van der Waals surface area contributed by atoms with Gasteiger partial charge in [-0.15, -0.1) is 0 Å². The number of rotatable bonds is 6. The molecule has 0 unspecified atom stereocenters. The van der Waals surface area contributed by atoms with Crippen LogP contribution in [0.25, 0.3) is 0 Å². The Balaban J connectivity index is 1.85. The molecule has 0 aliphatic carbocycles. The second-order valence-electron chi connectivity index (χ2n) is 6.14. The zero-order valence-corrected chi connectivity index (χ0v) is 16.3. The van der Waals surface area contributed by atoms with Crippen LogP contribution in [-0.4, -0.2) is 0 Å². The van der Waals surface area contributed by atoms with Gasteiger partial charge in [0, 0.05) is 0 Å². The van der Waals surface area contributed by atoms with E-state index in [0.29, 0.717) is 0 Å². The van der Waals surface area contributed by atoms with Gasteiger partial charge in [0.05, 0.1) is 0 Å². The number of benzene rings is 3. The molecule has 0 fully saturated rings. The van der Waals surface area contributed by atoms with Gasteiger partial charge in [0.1, 0.15) is 0 Å². The number of hydrogen-bond donors (Lipinski definition) is 0. The van der Waals surface area contributed by atoms with Crippen LogP contribution in [0.5, 0.6) is 0 Å². The van der Waals surface area contributed by atoms with E-state index in [2.05, 4.69) is 104 Å². The third-order valence-corrected chi connectivity index (χ3v) is 12.4. The van der Waals surface area contributed by atoms with E-state index in [1.165, 1.54) is 30.9 Å². The van der Waals surface area contributed by atoms with Crippen molar-refractivity contribution in [1.29, 1.82) is 0 Å². The first-order valence-corrected chi connectivity index (χ1v) is 15.2. The Labute approximate surface area is 149 Å². The maximum absolute atomic E-state index is 4.28. The van der Waals surface area contributed by atoms with Crippen molar-refractivity contribution < 1.29 is 14.5 Å². The summed E-state index contributed by atoms with van der Waals surface area (Å²) in [6.45, 7) is 0. The van der Waals surface area contributed by atoms with Crippen molar-refractivity contribution in [1.82, 2.24) is 0 Å². The minimum atomic E-state index is -2.25. The van der Waals surface area contributed by atoms with Crippen LogP contribution in [0.4, 0.5) is 0 Å². The molecule has 0 aliphatic heterocycles. The van der Waals surface area contributed by atoms with Gasteiger partial charge in [-0.2, -0.15) is 0 Å². The molecule has 3 aromatic rings. The SMILES string of the molecule is [Br][Ti]([CH2]c1ccccc1)([CH2]c1ccccc1)[CH2]c1ccccc1. The molecule has 0 heterocycles. The van der Waals surface area contributed by atoms with Crippen molar-refractivity contribution >= 4 is 13.2 Å². The van der Waals surface area contributed by atoms with Crippen molar-refractivity contribution in [2.75, 3.05) is 0 Å². The summed E-state index contributed by atoms with van der Waals surface area (Å²) in [7, 11) is 0. The fraction of sp³-hybridized carbons (Fsp3) is 0.143. The zero-order valence-electron chi connectivity index (χ0n) is 13.2. The van der Waals surface area contributed by atoms with Crippen LogP contribution in [0.2, 0.25) is 0 Å². The summed E-state index contributed by atoms with van der Waals surface area (Å²) in [6, 6.07) is 32.8. The third-order valence-electron chi connectivity index (χ3n) is 4.09. The van der Waals surface area contributed by atoms with Gasteiger partial charge in [0.2, 0.25) is 0 Å². The van der Waals surface area contributed by atoms with Crippen LogP contribution in [0, 0.1) is 0 Å². The predicted octanol–water partition coefficient (Wildman–Crippen LogP) is 6.05. The predicted molar refractivity (Wildman–Crippen MR) is 99.4 cm³/mol. The van der Waals surface area contributed by atoms with Crippen LogP contribution < -0.4 is 0 Å². The fourth-order valence-corrected chi connectivity index (χ4v) is 12.2. The van der Waals surface area contributed by atoms with Gasteiger partial charge in [-0.3, -0.25) is 0 Å². The third kappa shape index (κ3) is 5.17. The molecule has 2 heteroatoms. The Bertz CT molecular complexity index is 609. The summed E-state index contributed by atoms with van der Waals surface area (Å²) < 4.78 is 3.60. The van der Waals surface area contributed by atoms with Crippen LogP contribution >= 0.6 is 13.2 Å². The molecule has 0 aliphatic rings. The molecular formula is C21H21BrTi. The van der Waals surface area contributed by atoms with Crippen molar-refractivity contribution in [3.05, 3.63) is 108 Å². The van der Waals surface area contributed by atoms with Gasteiger partial charge in [-0.1, -0.05) is 0 Å². The van der Waals surface area contributed by atoms with Crippen molar-refractivity contribution in [3.8, 4) is 0 Å². The van der Waals surface area contributed by atoms with E-state index < -0.39 is 14.5 Å². The molecule has 0 amide bonds. The standard InChI is InChI=1S/3C7H7.BrH.Ti/c3*1-7-5-3-2-4-6-7;;/h3*2-6H,1H2;1H;/q;;;;+1/p-1. The normalized spacial score (nSPS) is 11.3. The molecule has 0 aromatic heterocycles. The maximum atomic E-state index is 4.28. The first-order valence-electron chi connectivity index (χ1n) is 8.04. The van der Waals surface area contributed by atoms with Gasteiger partial charge in [-0.05, 0) is 0 Å². The minimum absolute atomic E-state index is 1.20. The average Bonchev–Trinajstić information content (AvgIpc) is 2.57. The molecule has 0 N–H and O–H groups in total. The Morgan fingerprint density at radius 1 is 0.478 bits per heavy atom. The molecule has 3 rings (SSSR count). The quantitative estimate of drug-likeness (QED) is 0.441. The summed E-state index contributed by atoms with van der Waals surface area (Å²) in [5.74, 6) is 0. The molecule has 3 aromatic carbocycles. The van der Waals surface area contributed by atoms with E-state index in [0.717, 1.165) is 0 Å². The van der Waals surface area contributed by atoms with E-state index in [1.54, 1.807) is 0 Å². The Morgan fingerprint density at radius 2 is 0.739 bits per heavy atom. The molecule has 0 atom stereocenters. The van der Waals surface area contributed by atoms with Crippen LogP contribution in [0.1, 0.15) is 16.7 Å². The Morgan fingerprint density at radius 3 is 1.00 bits per heavy atom. The summed E-state index contributed by atoms with van der Waals surface area (Å²) in [4.78, 5) is 0. The van der Waals surface area contributed by atoms with E-state index in [4.69, 9.17) is 0 Å². The molecule has 0 bridgehead atoms. The zero-order chi connectivity index (χ0) is 16.0. The summed E-state index contributed by atoms with van der Waals surface area (Å²) in [5.41, 5.74) is 4.36. The molecule has 23 heavy (non-hydrogen) atoms. The van der Waals surface area contributed by atoms with E-state index in [-0.39, 0.29) is 0 Å². The number of hydrogen-bond acceptors (Lipinski definition) is 0. The van der Waals surface area contributed by atoms with Gasteiger partial charge in [0.15, 0.2) is 0 Å².